The molecule has 0 N–H and O–H groups in total. The maximum Gasteiger partial charge on any atom is 0.0964 e. The highest BCUT2D eigenvalue weighted by atomic mass is 32.1. The van der Waals surface area contributed by atoms with E-state index in [0.29, 0.717) is 0 Å². The molecule has 0 spiro atoms. The molecule has 40 valence electrons. The third kappa shape index (κ3) is 1.07. The van der Waals surface area contributed by atoms with Gasteiger partial charge in [-0.2, -0.15) is 10.2 Å². The topological polar surface area (TPSA) is 25.8 Å². The molecule has 0 radical (unpaired) electrons. The number of hydrogen-bond acceptors (Lipinski definition) is 3. The third-order valence-electron chi connectivity index (χ3n) is 0.714. The summed E-state index contributed by atoms with van der Waals surface area (Å²) in [5.74, 6) is 0. The minimum absolute atomic E-state index is 0.738. The van der Waals surface area contributed by atoms with Crippen molar-refractivity contribution in [2.45, 2.75) is 0 Å². The lowest BCUT2D eigenvalue weighted by Gasteiger charge is -1.81. The predicted molar refractivity (Wildman–Crippen MR) is 34.8 cm³/mol. The van der Waals surface area contributed by atoms with E-state index in [4.69, 9.17) is 0 Å². The second kappa shape index (κ2) is 2.47. The number of thiocarbonyl (C=S) groups is 1. The first-order valence-electron chi connectivity index (χ1n) is 2.16. The molecule has 0 aromatic carbocycles. The first kappa shape index (κ1) is 5.31. The van der Waals surface area contributed by atoms with Gasteiger partial charge in [-0.1, -0.05) is 12.2 Å². The summed E-state index contributed by atoms with van der Waals surface area (Å²) in [6.45, 7) is 0. The molecule has 0 aliphatic carbocycles. The first-order chi connectivity index (χ1) is 3.93. The van der Waals surface area contributed by atoms with Crippen LogP contribution in [0.25, 0.3) is 0 Å². The Morgan fingerprint density at radius 1 is 1.62 bits per heavy atom. The van der Waals surface area contributed by atoms with Crippen molar-refractivity contribution < 1.29 is 0 Å². The molecule has 1 aromatic heterocycles. The van der Waals surface area contributed by atoms with Crippen LogP contribution in [0.3, 0.4) is 0 Å². The van der Waals surface area contributed by atoms with Gasteiger partial charge in [0.1, 0.15) is 0 Å². The van der Waals surface area contributed by atoms with Gasteiger partial charge in [0, 0.05) is 11.6 Å². The SMILES string of the molecule is S=Cc1cccnn1. The maximum atomic E-state index is 4.59. The van der Waals surface area contributed by atoms with Gasteiger partial charge >= 0.3 is 0 Å². The van der Waals surface area contributed by atoms with Crippen molar-refractivity contribution >= 4 is 17.6 Å². The van der Waals surface area contributed by atoms with Gasteiger partial charge in [0.15, 0.2) is 0 Å². The van der Waals surface area contributed by atoms with Crippen molar-refractivity contribution in [3.8, 4) is 0 Å². The van der Waals surface area contributed by atoms with E-state index in [-0.39, 0.29) is 0 Å². The van der Waals surface area contributed by atoms with Crippen molar-refractivity contribution in [1.29, 1.82) is 0 Å². The zero-order chi connectivity index (χ0) is 5.82. The zero-order valence-corrected chi connectivity index (χ0v) is 4.93. The Morgan fingerprint density at radius 3 is 2.88 bits per heavy atom. The van der Waals surface area contributed by atoms with Crippen LogP contribution < -0.4 is 0 Å². The van der Waals surface area contributed by atoms with E-state index in [0.717, 1.165) is 5.69 Å². The number of hydrogen-bond donors (Lipinski definition) is 0. The standard InChI is InChI=1S/C5H4N2S/c8-4-5-2-1-3-6-7-5/h1-4H. The fourth-order valence-electron chi connectivity index (χ4n) is 0.376. The van der Waals surface area contributed by atoms with Gasteiger partial charge in [-0.3, -0.25) is 0 Å². The van der Waals surface area contributed by atoms with E-state index in [9.17, 15) is 0 Å². The van der Waals surface area contributed by atoms with Crippen LogP contribution in [0.15, 0.2) is 18.3 Å². The summed E-state index contributed by atoms with van der Waals surface area (Å²) in [4.78, 5) is 0. The third-order valence-corrected chi connectivity index (χ3v) is 0.955. The molecule has 0 unspecified atom stereocenters. The first-order valence-corrected chi connectivity index (χ1v) is 2.63. The maximum absolute atomic E-state index is 4.59. The summed E-state index contributed by atoms with van der Waals surface area (Å²) >= 11 is 4.59. The van der Waals surface area contributed by atoms with Crippen LogP contribution in [0.1, 0.15) is 5.69 Å². The summed E-state index contributed by atoms with van der Waals surface area (Å²) < 4.78 is 0. The Morgan fingerprint density at radius 2 is 2.50 bits per heavy atom. The largest absolute Gasteiger partial charge is 0.159 e. The van der Waals surface area contributed by atoms with Gasteiger partial charge in [0.2, 0.25) is 0 Å². The summed E-state index contributed by atoms with van der Waals surface area (Å²) in [7, 11) is 0. The average Bonchev–Trinajstić information content (AvgIpc) is 1.90. The van der Waals surface area contributed by atoms with Crippen LogP contribution in [-0.4, -0.2) is 15.6 Å². The summed E-state index contributed by atoms with van der Waals surface area (Å²) in [5.41, 5.74) is 0.738. The Bertz CT molecular complexity index is 173. The van der Waals surface area contributed by atoms with Crippen molar-refractivity contribution in [2.75, 3.05) is 0 Å². The Kier molecular flexibility index (Phi) is 1.64. The highest BCUT2D eigenvalue weighted by Crippen LogP contribution is 1.83. The summed E-state index contributed by atoms with van der Waals surface area (Å²) in [6, 6.07) is 3.60. The second-order valence-corrected chi connectivity index (χ2v) is 1.50. The minimum atomic E-state index is 0.738. The van der Waals surface area contributed by atoms with Gasteiger partial charge in [-0.05, 0) is 12.1 Å². The Labute approximate surface area is 52.6 Å². The van der Waals surface area contributed by atoms with E-state index in [2.05, 4.69) is 22.4 Å². The number of rotatable bonds is 1. The fourth-order valence-corrected chi connectivity index (χ4v) is 0.502. The normalized spacial score (nSPS) is 8.50. The van der Waals surface area contributed by atoms with Crippen molar-refractivity contribution in [2.24, 2.45) is 0 Å². The summed E-state index contributed by atoms with van der Waals surface area (Å²) in [6.07, 6.45) is 1.61. The van der Waals surface area contributed by atoms with Crippen molar-refractivity contribution in [3.63, 3.8) is 0 Å². The van der Waals surface area contributed by atoms with Gasteiger partial charge in [-0.25, -0.2) is 0 Å². The lowest BCUT2D eigenvalue weighted by Crippen LogP contribution is -1.85. The van der Waals surface area contributed by atoms with Gasteiger partial charge in [-0.15, -0.1) is 0 Å². The van der Waals surface area contributed by atoms with E-state index in [1.54, 1.807) is 18.3 Å². The van der Waals surface area contributed by atoms with Crippen LogP contribution in [-0.2, 0) is 0 Å². The number of aromatic nitrogens is 2. The molecule has 0 atom stereocenters. The van der Waals surface area contributed by atoms with Crippen LogP contribution in [0, 0.1) is 0 Å². The zero-order valence-electron chi connectivity index (χ0n) is 4.11. The fraction of sp³-hybridized carbons (Fsp3) is 0. The van der Waals surface area contributed by atoms with E-state index < -0.39 is 0 Å². The molecule has 1 rings (SSSR count). The van der Waals surface area contributed by atoms with Crippen LogP contribution in [0.5, 0.6) is 0 Å². The average molecular weight is 124 g/mol. The second-order valence-electron chi connectivity index (χ2n) is 1.27. The molecule has 0 aliphatic rings. The van der Waals surface area contributed by atoms with Crippen LogP contribution in [0.2, 0.25) is 0 Å². The molecule has 3 heteroatoms. The van der Waals surface area contributed by atoms with Gasteiger partial charge in [0.05, 0.1) is 5.69 Å². The molecule has 0 amide bonds. The molecule has 1 heterocycles. The molecule has 0 fully saturated rings. The molecular weight excluding hydrogens is 120 g/mol. The van der Waals surface area contributed by atoms with E-state index >= 15 is 0 Å². The van der Waals surface area contributed by atoms with Crippen LogP contribution >= 0.6 is 12.2 Å². The molecule has 1 aromatic rings. The van der Waals surface area contributed by atoms with Crippen molar-refractivity contribution in [1.82, 2.24) is 10.2 Å². The Hall–Kier alpha value is -0.830. The predicted octanol–water partition coefficient (Wildman–Crippen LogP) is 0.824. The monoisotopic (exact) mass is 124 g/mol. The molecular formula is C5H4N2S. The lowest BCUT2D eigenvalue weighted by molar-refractivity contribution is 1.02. The summed E-state index contributed by atoms with van der Waals surface area (Å²) in [5, 5.41) is 8.79. The van der Waals surface area contributed by atoms with E-state index in [1.807, 2.05) is 0 Å². The van der Waals surface area contributed by atoms with Gasteiger partial charge < -0.3 is 0 Å². The molecule has 0 saturated heterocycles. The smallest absolute Gasteiger partial charge is 0.0964 e. The lowest BCUT2D eigenvalue weighted by atomic mass is 10.4. The highest BCUT2D eigenvalue weighted by molar-refractivity contribution is 7.79. The molecule has 8 heavy (non-hydrogen) atoms. The Balaban J connectivity index is 2.99. The highest BCUT2D eigenvalue weighted by Gasteiger charge is 1.80. The molecule has 2 nitrogen and oxygen atoms in total. The van der Waals surface area contributed by atoms with Gasteiger partial charge in [0.25, 0.3) is 0 Å². The molecule has 0 bridgehead atoms. The quantitative estimate of drug-likeness (QED) is 0.518. The van der Waals surface area contributed by atoms with Crippen LogP contribution in [0.4, 0.5) is 0 Å². The van der Waals surface area contributed by atoms with Crippen molar-refractivity contribution in [3.05, 3.63) is 24.0 Å². The number of nitrogens with zero attached hydrogens (tertiary/aromatic N) is 2. The minimum Gasteiger partial charge on any atom is -0.159 e. The molecule has 0 saturated carbocycles. The van der Waals surface area contributed by atoms with E-state index in [1.165, 1.54) is 5.37 Å². The molecule has 0 aliphatic heterocycles.